The van der Waals surface area contributed by atoms with Crippen molar-refractivity contribution in [2.45, 2.75) is 199 Å². The molecule has 18 atom stereocenters. The average molecular weight is 896 g/mol. The molecule has 4 rings (SSSR count). The quantitative estimate of drug-likeness (QED) is 0.117. The smallest absolute Gasteiger partial charge is 0.458 e. The fraction of sp³-hybridized carbons (Fsp3) is 0.870. The molecule has 0 saturated carbocycles. The molecule has 63 heavy (non-hydrogen) atoms. The monoisotopic (exact) mass is 896 g/mol. The molecule has 4 aliphatic heterocycles. The molecule has 0 aliphatic carbocycles. The molecule has 360 valence electrons. The van der Waals surface area contributed by atoms with Gasteiger partial charge in [0.25, 0.3) is 0 Å². The van der Waals surface area contributed by atoms with Crippen molar-refractivity contribution in [1.82, 2.24) is 9.80 Å². The van der Waals surface area contributed by atoms with Gasteiger partial charge in [-0.25, -0.2) is 4.79 Å². The van der Waals surface area contributed by atoms with E-state index in [2.05, 4.69) is 0 Å². The lowest BCUT2D eigenvalue weighted by Crippen LogP contribution is -2.61. The van der Waals surface area contributed by atoms with Crippen LogP contribution in [0.5, 0.6) is 0 Å². The van der Waals surface area contributed by atoms with E-state index >= 15 is 0 Å². The van der Waals surface area contributed by atoms with Gasteiger partial charge in [-0.1, -0.05) is 26.8 Å². The summed E-state index contributed by atoms with van der Waals surface area (Å²) in [6.45, 7) is 20.6. The molecule has 0 aromatic rings. The predicted molar refractivity (Wildman–Crippen MR) is 230 cm³/mol. The number of rotatable bonds is 12. The molecule has 4 fully saturated rings. The SMILES string of the molecule is CC[C@H]1OC(=O)[C@H](C)[C@@H](O[C@H]2C[C@@](C)(OC)[C@@H](OCCC=CC#N)[C@H](C)O2)[C@H](C)[C@@H](O[C@@H]2O[C@H](C)C[C@H](N(C)C)[C@H]2OC(C)=O)[C@](C)(O)C[C@@H](C)CN(C)[C@H](C)[C@H]2OC(=O)O[C@@]21C. The molecule has 0 bridgehead atoms. The van der Waals surface area contributed by atoms with Crippen LogP contribution in [0.2, 0.25) is 0 Å². The third-order valence-corrected chi connectivity index (χ3v) is 13.7. The minimum Gasteiger partial charge on any atom is -0.458 e. The summed E-state index contributed by atoms with van der Waals surface area (Å²) in [5.74, 6) is -3.09. The maximum atomic E-state index is 14.7. The van der Waals surface area contributed by atoms with Crippen molar-refractivity contribution in [3.8, 4) is 6.07 Å². The molecule has 4 saturated heterocycles. The zero-order chi connectivity index (χ0) is 47.2. The molecule has 0 radical (unpaired) electrons. The molecule has 0 unspecified atom stereocenters. The Morgan fingerprint density at radius 2 is 1.70 bits per heavy atom. The van der Waals surface area contributed by atoms with E-state index in [-0.39, 0.29) is 36.9 Å². The normalized spacial score (nSPS) is 43.5. The molecular formula is C46H77N3O14. The van der Waals surface area contributed by atoms with Crippen molar-refractivity contribution in [3.05, 3.63) is 12.2 Å². The fourth-order valence-corrected chi connectivity index (χ4v) is 10.3. The molecule has 17 heteroatoms. The lowest BCUT2D eigenvalue weighted by molar-refractivity contribution is -0.321. The van der Waals surface area contributed by atoms with Gasteiger partial charge in [0, 0.05) is 45.0 Å². The number of hydrogen-bond acceptors (Lipinski definition) is 17. The van der Waals surface area contributed by atoms with E-state index in [1.165, 1.54) is 13.0 Å². The molecule has 17 nitrogen and oxygen atoms in total. The number of hydrogen-bond donors (Lipinski definition) is 1. The van der Waals surface area contributed by atoms with E-state index in [9.17, 15) is 19.5 Å². The van der Waals surface area contributed by atoms with E-state index in [4.69, 9.17) is 52.6 Å². The van der Waals surface area contributed by atoms with Crippen molar-refractivity contribution in [2.24, 2.45) is 17.8 Å². The highest BCUT2D eigenvalue weighted by Gasteiger charge is 2.58. The second-order valence-electron chi connectivity index (χ2n) is 19.3. The number of fused-ring (bicyclic) bond motifs is 1. The van der Waals surface area contributed by atoms with Crippen molar-refractivity contribution >= 4 is 18.1 Å². The number of methoxy groups -OCH3 is 1. The Kier molecular flexibility index (Phi) is 18.4. The van der Waals surface area contributed by atoms with Gasteiger partial charge in [0.05, 0.1) is 60.3 Å². The zero-order valence-electron chi connectivity index (χ0n) is 40.4. The maximum Gasteiger partial charge on any atom is 0.509 e. The van der Waals surface area contributed by atoms with Crippen LogP contribution in [-0.2, 0) is 57.0 Å². The molecule has 4 aliphatic rings. The highest BCUT2D eigenvalue weighted by atomic mass is 16.8. The van der Waals surface area contributed by atoms with Gasteiger partial charge in [0.1, 0.15) is 12.2 Å². The highest BCUT2D eigenvalue weighted by molar-refractivity contribution is 5.73. The number of aliphatic hydroxyl groups is 1. The number of cyclic esters (lactones) is 1. The summed E-state index contributed by atoms with van der Waals surface area (Å²) in [6, 6.07) is 1.34. The summed E-state index contributed by atoms with van der Waals surface area (Å²) in [7, 11) is 7.32. The van der Waals surface area contributed by atoms with Crippen LogP contribution in [0, 0.1) is 29.1 Å². The Morgan fingerprint density at radius 1 is 1.02 bits per heavy atom. The lowest BCUT2D eigenvalue weighted by atomic mass is 9.77. The number of carbonyl (C=O) groups is 3. The lowest BCUT2D eigenvalue weighted by Gasteiger charge is -2.49. The number of nitrogens with zero attached hydrogens (tertiary/aromatic N) is 3. The maximum absolute atomic E-state index is 14.7. The van der Waals surface area contributed by atoms with Gasteiger partial charge in [-0.2, -0.15) is 5.26 Å². The first kappa shape index (κ1) is 52.7. The molecule has 0 spiro atoms. The molecule has 0 aromatic carbocycles. The third-order valence-electron chi connectivity index (χ3n) is 13.7. The minimum atomic E-state index is -1.60. The van der Waals surface area contributed by atoms with Crippen molar-refractivity contribution in [1.29, 1.82) is 5.26 Å². The van der Waals surface area contributed by atoms with Crippen LogP contribution < -0.4 is 0 Å². The summed E-state index contributed by atoms with van der Waals surface area (Å²) >= 11 is 0. The second kappa shape index (κ2) is 22.0. The van der Waals surface area contributed by atoms with Crippen molar-refractivity contribution in [3.63, 3.8) is 0 Å². The number of allylic oxidation sites excluding steroid dienone is 1. The van der Waals surface area contributed by atoms with Crippen LogP contribution >= 0.6 is 0 Å². The van der Waals surface area contributed by atoms with Crippen molar-refractivity contribution in [2.75, 3.05) is 41.4 Å². The zero-order valence-corrected chi connectivity index (χ0v) is 40.4. The first-order chi connectivity index (χ1) is 29.4. The van der Waals surface area contributed by atoms with Gasteiger partial charge in [-0.3, -0.25) is 14.5 Å². The number of esters is 2. The van der Waals surface area contributed by atoms with Gasteiger partial charge in [0.2, 0.25) is 0 Å². The fourth-order valence-electron chi connectivity index (χ4n) is 10.3. The Balaban J connectivity index is 1.84. The molecule has 4 heterocycles. The second-order valence-corrected chi connectivity index (χ2v) is 19.3. The summed E-state index contributed by atoms with van der Waals surface area (Å²) in [5.41, 5.74) is -3.83. The number of nitriles is 1. The van der Waals surface area contributed by atoms with E-state index in [0.717, 1.165) is 0 Å². The van der Waals surface area contributed by atoms with Crippen LogP contribution in [0.25, 0.3) is 0 Å². The van der Waals surface area contributed by atoms with Crippen molar-refractivity contribution < 1.29 is 66.9 Å². The van der Waals surface area contributed by atoms with Crippen LogP contribution in [0.4, 0.5) is 4.79 Å². The standard InChI is InChI=1S/C46H77N3O14/c1-16-34-46(11)39(62-43(52)63-46)30(6)49(14)25-26(2)23-44(9,53)38(61-42-37(58-32(8)50)33(48(12)13)22-27(3)56-42)28(4)36(29(5)41(51)59-34)60-35-24-45(10,54-15)40(31(7)57-35)55-21-19-17-18-20-47/h17-18,26-31,33-40,42,53H,16,19,21-25H2,1-15H3/t26-,27-,28+,29-,30-,31+,33+,34-,35+,36+,37-,38-,39-,40+,42+,44-,45-,46-/m1/s1. The van der Waals surface area contributed by atoms with Crippen LogP contribution in [0.15, 0.2) is 12.2 Å². The van der Waals surface area contributed by atoms with Crippen LogP contribution in [0.1, 0.15) is 108 Å². The Labute approximate surface area is 375 Å². The Morgan fingerprint density at radius 3 is 2.30 bits per heavy atom. The summed E-state index contributed by atoms with van der Waals surface area (Å²) in [6.07, 6.45) is -3.94. The number of likely N-dealkylation sites (N-methyl/N-ethyl adjacent to an activating group) is 2. The van der Waals surface area contributed by atoms with Gasteiger partial charge in [-0.05, 0) is 101 Å². The molecule has 0 aromatic heterocycles. The summed E-state index contributed by atoms with van der Waals surface area (Å²) in [5, 5.41) is 21.8. The van der Waals surface area contributed by atoms with Crippen LogP contribution in [-0.4, -0.2) is 165 Å². The molecular weight excluding hydrogens is 819 g/mol. The van der Waals surface area contributed by atoms with E-state index in [1.807, 2.05) is 85.5 Å². The first-order valence-corrected chi connectivity index (χ1v) is 22.6. The number of carbonyl (C=O) groups excluding carboxylic acids is 3. The van der Waals surface area contributed by atoms with Gasteiger partial charge < -0.3 is 57.4 Å². The first-order valence-electron chi connectivity index (χ1n) is 22.6. The van der Waals surface area contributed by atoms with Gasteiger partial charge >= 0.3 is 18.1 Å². The predicted octanol–water partition coefficient (Wildman–Crippen LogP) is 5.15. The average Bonchev–Trinajstić information content (AvgIpc) is 3.51. The third kappa shape index (κ3) is 12.5. The van der Waals surface area contributed by atoms with Gasteiger partial charge in [0.15, 0.2) is 30.4 Å². The highest BCUT2D eigenvalue weighted by Crippen LogP contribution is 2.42. The Bertz CT molecular complexity index is 1610. The Hall–Kier alpha value is -2.92. The summed E-state index contributed by atoms with van der Waals surface area (Å²) < 4.78 is 63.3. The van der Waals surface area contributed by atoms with E-state index in [1.54, 1.807) is 34.0 Å². The largest absolute Gasteiger partial charge is 0.509 e. The van der Waals surface area contributed by atoms with E-state index < -0.39 is 102 Å². The topological polar surface area (TPSA) is 194 Å². The van der Waals surface area contributed by atoms with E-state index in [0.29, 0.717) is 32.4 Å². The number of ether oxygens (including phenoxy) is 10. The molecule has 1 N–H and O–H groups in total. The summed E-state index contributed by atoms with van der Waals surface area (Å²) in [4.78, 5) is 44.2. The molecule has 0 amide bonds. The minimum absolute atomic E-state index is 0.154. The van der Waals surface area contributed by atoms with Gasteiger partial charge in [-0.15, -0.1) is 0 Å². The van der Waals surface area contributed by atoms with Crippen LogP contribution in [0.3, 0.4) is 0 Å².